The molecule has 1 saturated heterocycles. The molecule has 0 radical (unpaired) electrons. The summed E-state index contributed by atoms with van der Waals surface area (Å²) in [6.45, 7) is 10.2. The molecule has 0 aromatic heterocycles. The zero-order valence-electron chi connectivity index (χ0n) is 11.4. The first-order valence-electron chi connectivity index (χ1n) is 6.87. The number of hydrogen-bond donors (Lipinski definition) is 1. The topological polar surface area (TPSA) is 15.3 Å². The second-order valence-electron chi connectivity index (χ2n) is 5.27. The summed E-state index contributed by atoms with van der Waals surface area (Å²) in [4.78, 5) is 2.54. The standard InChI is InChI=1S/C15H23BrN2/c1-3-18-7-6-13(11-18)9-17-10-14-5-4-12(2)8-15(14)16/h4-5,8,13,17H,3,6-7,9-11H2,1-2H3. The number of benzene rings is 1. The Balaban J connectivity index is 1.75. The average Bonchev–Trinajstić information content (AvgIpc) is 2.80. The van der Waals surface area contributed by atoms with Crippen LogP contribution in [0.3, 0.4) is 0 Å². The van der Waals surface area contributed by atoms with E-state index in [2.05, 4.69) is 58.2 Å². The molecule has 2 rings (SSSR count). The van der Waals surface area contributed by atoms with Crippen molar-refractivity contribution in [2.24, 2.45) is 5.92 Å². The van der Waals surface area contributed by atoms with Gasteiger partial charge in [-0.05, 0) is 56.1 Å². The summed E-state index contributed by atoms with van der Waals surface area (Å²) in [6.07, 6.45) is 1.34. The number of nitrogens with one attached hydrogen (secondary N) is 1. The fourth-order valence-electron chi connectivity index (χ4n) is 2.57. The predicted molar refractivity (Wildman–Crippen MR) is 80.8 cm³/mol. The average molecular weight is 311 g/mol. The Kier molecular flexibility index (Phi) is 5.22. The molecule has 0 amide bonds. The number of aryl methyl sites for hydroxylation is 1. The lowest BCUT2D eigenvalue weighted by Crippen LogP contribution is -2.26. The summed E-state index contributed by atoms with van der Waals surface area (Å²) in [5.41, 5.74) is 2.66. The summed E-state index contributed by atoms with van der Waals surface area (Å²) in [7, 11) is 0. The molecule has 18 heavy (non-hydrogen) atoms. The maximum Gasteiger partial charge on any atom is 0.0222 e. The predicted octanol–water partition coefficient (Wildman–Crippen LogP) is 3.19. The van der Waals surface area contributed by atoms with Crippen molar-refractivity contribution in [3.63, 3.8) is 0 Å². The minimum Gasteiger partial charge on any atom is -0.312 e. The van der Waals surface area contributed by atoms with Crippen molar-refractivity contribution >= 4 is 15.9 Å². The molecule has 1 heterocycles. The van der Waals surface area contributed by atoms with Gasteiger partial charge in [0.2, 0.25) is 0 Å². The van der Waals surface area contributed by atoms with Crippen molar-refractivity contribution in [3.8, 4) is 0 Å². The van der Waals surface area contributed by atoms with Crippen LogP contribution in [0.15, 0.2) is 22.7 Å². The molecule has 0 saturated carbocycles. The van der Waals surface area contributed by atoms with Gasteiger partial charge in [0.05, 0.1) is 0 Å². The van der Waals surface area contributed by atoms with Gasteiger partial charge in [-0.1, -0.05) is 35.0 Å². The molecular weight excluding hydrogens is 288 g/mol. The van der Waals surface area contributed by atoms with E-state index in [1.54, 1.807) is 0 Å². The zero-order chi connectivity index (χ0) is 13.0. The van der Waals surface area contributed by atoms with E-state index in [0.29, 0.717) is 0 Å². The van der Waals surface area contributed by atoms with Gasteiger partial charge in [-0.2, -0.15) is 0 Å². The van der Waals surface area contributed by atoms with Gasteiger partial charge in [0.15, 0.2) is 0 Å². The van der Waals surface area contributed by atoms with E-state index < -0.39 is 0 Å². The molecule has 100 valence electrons. The smallest absolute Gasteiger partial charge is 0.0222 e. The van der Waals surface area contributed by atoms with Crippen LogP contribution in [-0.2, 0) is 6.54 Å². The Morgan fingerprint density at radius 2 is 2.28 bits per heavy atom. The van der Waals surface area contributed by atoms with Crippen LogP contribution in [0.4, 0.5) is 0 Å². The van der Waals surface area contributed by atoms with Crippen LogP contribution < -0.4 is 5.32 Å². The van der Waals surface area contributed by atoms with E-state index in [0.717, 1.165) is 19.0 Å². The molecule has 1 fully saturated rings. The van der Waals surface area contributed by atoms with E-state index in [9.17, 15) is 0 Å². The SMILES string of the molecule is CCN1CCC(CNCc2ccc(C)cc2Br)C1. The van der Waals surface area contributed by atoms with E-state index in [1.165, 1.54) is 41.7 Å². The van der Waals surface area contributed by atoms with Crippen LogP contribution in [0.1, 0.15) is 24.5 Å². The number of rotatable bonds is 5. The Bertz CT molecular complexity index is 392. The van der Waals surface area contributed by atoms with E-state index in [1.807, 2.05) is 0 Å². The largest absolute Gasteiger partial charge is 0.312 e. The quantitative estimate of drug-likeness (QED) is 0.898. The van der Waals surface area contributed by atoms with Gasteiger partial charge in [0.25, 0.3) is 0 Å². The van der Waals surface area contributed by atoms with Crippen molar-refractivity contribution < 1.29 is 0 Å². The first-order chi connectivity index (χ1) is 8.69. The van der Waals surface area contributed by atoms with Crippen molar-refractivity contribution in [1.82, 2.24) is 10.2 Å². The van der Waals surface area contributed by atoms with Crippen LogP contribution in [0, 0.1) is 12.8 Å². The lowest BCUT2D eigenvalue weighted by Gasteiger charge is -2.14. The summed E-state index contributed by atoms with van der Waals surface area (Å²) in [5.74, 6) is 0.828. The molecule has 1 aromatic carbocycles. The summed E-state index contributed by atoms with van der Waals surface area (Å²) < 4.78 is 1.22. The Morgan fingerprint density at radius 1 is 1.44 bits per heavy atom. The number of likely N-dealkylation sites (tertiary alicyclic amines) is 1. The molecule has 0 bridgehead atoms. The normalized spacial score (nSPS) is 20.5. The number of hydrogen-bond acceptors (Lipinski definition) is 2. The molecule has 0 aliphatic carbocycles. The number of nitrogens with zero attached hydrogens (tertiary/aromatic N) is 1. The maximum atomic E-state index is 3.63. The van der Waals surface area contributed by atoms with Gasteiger partial charge in [-0.3, -0.25) is 0 Å². The third-order valence-electron chi connectivity index (χ3n) is 3.77. The van der Waals surface area contributed by atoms with Gasteiger partial charge in [-0.25, -0.2) is 0 Å². The zero-order valence-corrected chi connectivity index (χ0v) is 13.0. The second-order valence-corrected chi connectivity index (χ2v) is 6.13. The molecule has 1 unspecified atom stereocenters. The first-order valence-corrected chi connectivity index (χ1v) is 7.66. The van der Waals surface area contributed by atoms with Crippen LogP contribution in [0.5, 0.6) is 0 Å². The molecule has 1 aliphatic heterocycles. The van der Waals surface area contributed by atoms with Crippen LogP contribution >= 0.6 is 15.9 Å². The highest BCUT2D eigenvalue weighted by molar-refractivity contribution is 9.10. The number of halogens is 1. The van der Waals surface area contributed by atoms with Crippen LogP contribution in [0.25, 0.3) is 0 Å². The molecule has 0 spiro atoms. The lowest BCUT2D eigenvalue weighted by molar-refractivity contribution is 0.339. The monoisotopic (exact) mass is 310 g/mol. The highest BCUT2D eigenvalue weighted by Crippen LogP contribution is 2.19. The Morgan fingerprint density at radius 3 is 2.94 bits per heavy atom. The molecule has 3 heteroatoms. The van der Waals surface area contributed by atoms with Gasteiger partial charge < -0.3 is 10.2 Å². The van der Waals surface area contributed by atoms with Gasteiger partial charge in [0.1, 0.15) is 0 Å². The van der Waals surface area contributed by atoms with Crippen LogP contribution in [-0.4, -0.2) is 31.1 Å². The third kappa shape index (κ3) is 3.81. The second kappa shape index (κ2) is 6.69. The molecule has 1 atom stereocenters. The summed E-state index contributed by atoms with van der Waals surface area (Å²) in [6, 6.07) is 6.57. The Hall–Kier alpha value is -0.380. The molecular formula is C15H23BrN2. The van der Waals surface area contributed by atoms with E-state index in [-0.39, 0.29) is 0 Å². The van der Waals surface area contributed by atoms with Crippen molar-refractivity contribution in [2.45, 2.75) is 26.8 Å². The molecule has 1 aliphatic rings. The van der Waals surface area contributed by atoms with Gasteiger partial charge in [-0.15, -0.1) is 0 Å². The van der Waals surface area contributed by atoms with Crippen LogP contribution in [0.2, 0.25) is 0 Å². The van der Waals surface area contributed by atoms with Crippen molar-refractivity contribution in [2.75, 3.05) is 26.2 Å². The molecule has 2 nitrogen and oxygen atoms in total. The fraction of sp³-hybridized carbons (Fsp3) is 0.600. The first kappa shape index (κ1) is 14.0. The third-order valence-corrected chi connectivity index (χ3v) is 4.51. The minimum absolute atomic E-state index is 0.828. The van der Waals surface area contributed by atoms with E-state index in [4.69, 9.17) is 0 Å². The van der Waals surface area contributed by atoms with E-state index >= 15 is 0 Å². The fourth-order valence-corrected chi connectivity index (χ4v) is 3.21. The summed E-state index contributed by atoms with van der Waals surface area (Å²) in [5, 5.41) is 3.59. The Labute approximate surface area is 119 Å². The summed E-state index contributed by atoms with van der Waals surface area (Å²) >= 11 is 3.63. The van der Waals surface area contributed by atoms with Gasteiger partial charge >= 0.3 is 0 Å². The molecule has 1 N–H and O–H groups in total. The highest BCUT2D eigenvalue weighted by Gasteiger charge is 2.20. The lowest BCUT2D eigenvalue weighted by atomic mass is 10.1. The molecule has 1 aromatic rings. The van der Waals surface area contributed by atoms with Crippen molar-refractivity contribution in [3.05, 3.63) is 33.8 Å². The van der Waals surface area contributed by atoms with Gasteiger partial charge in [0, 0.05) is 17.6 Å². The minimum atomic E-state index is 0.828. The van der Waals surface area contributed by atoms with Crippen molar-refractivity contribution in [1.29, 1.82) is 0 Å². The highest BCUT2D eigenvalue weighted by atomic mass is 79.9. The maximum absolute atomic E-state index is 3.63.